The summed E-state index contributed by atoms with van der Waals surface area (Å²) in [4.78, 5) is 20.0. The molecule has 0 aromatic carbocycles. The van der Waals surface area contributed by atoms with Crippen molar-refractivity contribution in [3.05, 3.63) is 17.5 Å². The Morgan fingerprint density at radius 1 is 1.43 bits per heavy atom. The van der Waals surface area contributed by atoms with Crippen molar-refractivity contribution in [3.63, 3.8) is 0 Å². The maximum absolute atomic E-state index is 12.8. The number of halogens is 3. The number of piperidine rings is 1. The van der Waals surface area contributed by atoms with Crippen LogP contribution in [0.5, 0.6) is 0 Å². The smallest absolute Gasteiger partial charge is 0.387 e. The molecule has 1 aromatic heterocycles. The third kappa shape index (κ3) is 3.41. The normalized spacial score (nSPS) is 19.6. The number of nitrogen functional groups attached to an aromatic ring is 1. The summed E-state index contributed by atoms with van der Waals surface area (Å²) < 4.78 is 38.3. The second kappa shape index (κ2) is 5.84. The molecule has 21 heavy (non-hydrogen) atoms. The van der Waals surface area contributed by atoms with Crippen molar-refractivity contribution < 1.29 is 23.1 Å². The molecule has 9 heteroatoms. The summed E-state index contributed by atoms with van der Waals surface area (Å²) in [6.07, 6.45) is -2.67. The van der Waals surface area contributed by atoms with E-state index in [0.717, 1.165) is 18.9 Å². The zero-order valence-electron chi connectivity index (χ0n) is 11.1. The van der Waals surface area contributed by atoms with Gasteiger partial charge in [-0.3, -0.25) is 4.79 Å². The Bertz CT molecular complexity index is 536. The molecule has 1 aliphatic heterocycles. The number of aliphatic hydroxyl groups is 1. The molecule has 0 spiro atoms. The molecule has 0 radical (unpaired) electrons. The first kappa shape index (κ1) is 15.5. The van der Waals surface area contributed by atoms with Crippen molar-refractivity contribution in [2.75, 3.05) is 18.9 Å². The first-order valence-electron chi connectivity index (χ1n) is 6.45. The van der Waals surface area contributed by atoms with Crippen molar-refractivity contribution in [3.8, 4) is 0 Å². The first-order chi connectivity index (χ1) is 9.82. The second-order valence-electron chi connectivity index (χ2n) is 4.79. The molecule has 1 amide bonds. The number of likely N-dealkylation sites (tertiary alicyclic amines) is 1. The highest BCUT2D eigenvalue weighted by molar-refractivity contribution is 5.77. The van der Waals surface area contributed by atoms with E-state index >= 15 is 0 Å². The monoisotopic (exact) mass is 304 g/mol. The van der Waals surface area contributed by atoms with Gasteiger partial charge in [0.2, 0.25) is 11.9 Å². The standard InChI is InChI=1S/C12H15F3N4O2/c13-12(14,15)9-5-7(17-11(16)18-9)8-3-1-2-4-19(8)10(21)6-20/h5,8,20H,1-4,6H2,(H2,16,17,18)/t8-/m0/s1. The summed E-state index contributed by atoms with van der Waals surface area (Å²) in [5, 5.41) is 8.96. The molecule has 0 bridgehead atoms. The topological polar surface area (TPSA) is 92.3 Å². The van der Waals surface area contributed by atoms with E-state index in [1.54, 1.807) is 0 Å². The predicted octanol–water partition coefficient (Wildman–Crippen LogP) is 1.12. The summed E-state index contributed by atoms with van der Waals surface area (Å²) in [6.45, 7) is -0.321. The largest absolute Gasteiger partial charge is 0.433 e. The lowest BCUT2D eigenvalue weighted by Gasteiger charge is -2.35. The Labute approximate surface area is 118 Å². The Morgan fingerprint density at radius 2 is 2.14 bits per heavy atom. The van der Waals surface area contributed by atoms with Gasteiger partial charge in [0.15, 0.2) is 0 Å². The second-order valence-corrected chi connectivity index (χ2v) is 4.79. The van der Waals surface area contributed by atoms with Crippen LogP contribution in [0.2, 0.25) is 0 Å². The van der Waals surface area contributed by atoms with E-state index < -0.39 is 36.4 Å². The number of aliphatic hydroxyl groups excluding tert-OH is 1. The molecular weight excluding hydrogens is 289 g/mol. The van der Waals surface area contributed by atoms with E-state index in [2.05, 4.69) is 9.97 Å². The number of anilines is 1. The van der Waals surface area contributed by atoms with Crippen LogP contribution >= 0.6 is 0 Å². The highest BCUT2D eigenvalue weighted by Gasteiger charge is 2.36. The fraction of sp³-hybridized carbons (Fsp3) is 0.583. The summed E-state index contributed by atoms with van der Waals surface area (Å²) in [5.74, 6) is -1.02. The first-order valence-corrected chi connectivity index (χ1v) is 6.45. The van der Waals surface area contributed by atoms with Gasteiger partial charge < -0.3 is 15.7 Å². The van der Waals surface area contributed by atoms with Crippen LogP contribution in [0.3, 0.4) is 0 Å². The number of nitrogens with two attached hydrogens (primary N) is 1. The van der Waals surface area contributed by atoms with Gasteiger partial charge in [-0.2, -0.15) is 13.2 Å². The number of alkyl halides is 3. The zero-order chi connectivity index (χ0) is 15.6. The molecular formula is C12H15F3N4O2. The summed E-state index contributed by atoms with van der Waals surface area (Å²) in [7, 11) is 0. The van der Waals surface area contributed by atoms with E-state index in [4.69, 9.17) is 10.8 Å². The van der Waals surface area contributed by atoms with E-state index in [-0.39, 0.29) is 5.69 Å². The third-order valence-corrected chi connectivity index (χ3v) is 3.35. The molecule has 2 rings (SSSR count). The molecule has 116 valence electrons. The van der Waals surface area contributed by atoms with Crippen molar-refractivity contribution in [1.82, 2.24) is 14.9 Å². The number of amides is 1. The summed E-state index contributed by atoms with van der Waals surface area (Å²) in [5.41, 5.74) is 4.26. The molecule has 1 atom stereocenters. The van der Waals surface area contributed by atoms with Gasteiger partial charge in [0.05, 0.1) is 11.7 Å². The van der Waals surface area contributed by atoms with Gasteiger partial charge >= 0.3 is 6.18 Å². The summed E-state index contributed by atoms with van der Waals surface area (Å²) in [6, 6.07) is 0.189. The lowest BCUT2D eigenvalue weighted by atomic mass is 9.98. The Kier molecular flexibility index (Phi) is 4.31. The number of hydrogen-bond acceptors (Lipinski definition) is 5. The van der Waals surface area contributed by atoms with Crippen molar-refractivity contribution in [2.45, 2.75) is 31.5 Å². The van der Waals surface area contributed by atoms with Crippen molar-refractivity contribution in [1.29, 1.82) is 0 Å². The average Bonchev–Trinajstić information content (AvgIpc) is 2.45. The molecule has 3 N–H and O–H groups in total. The number of rotatable bonds is 2. The highest BCUT2D eigenvalue weighted by atomic mass is 19.4. The van der Waals surface area contributed by atoms with Crippen LogP contribution in [-0.4, -0.2) is 39.0 Å². The predicted molar refractivity (Wildman–Crippen MR) is 66.8 cm³/mol. The van der Waals surface area contributed by atoms with Gasteiger partial charge in [-0.05, 0) is 25.3 Å². The van der Waals surface area contributed by atoms with Crippen LogP contribution in [0.4, 0.5) is 19.1 Å². The molecule has 2 heterocycles. The molecule has 0 unspecified atom stereocenters. The molecule has 0 aliphatic carbocycles. The van der Waals surface area contributed by atoms with Crippen LogP contribution in [-0.2, 0) is 11.0 Å². The molecule has 1 aliphatic rings. The number of nitrogens with zero attached hydrogens (tertiary/aromatic N) is 3. The number of carbonyl (C=O) groups excluding carboxylic acids is 1. The van der Waals surface area contributed by atoms with Crippen LogP contribution < -0.4 is 5.73 Å². The summed E-state index contributed by atoms with van der Waals surface area (Å²) >= 11 is 0. The molecule has 1 fully saturated rings. The van der Waals surface area contributed by atoms with Crippen molar-refractivity contribution >= 4 is 11.9 Å². The van der Waals surface area contributed by atoms with E-state index in [1.165, 1.54) is 4.90 Å². The van der Waals surface area contributed by atoms with Gasteiger partial charge in [-0.15, -0.1) is 0 Å². The SMILES string of the molecule is Nc1nc([C@@H]2CCCCN2C(=O)CO)cc(C(F)(F)F)n1. The Hall–Kier alpha value is -1.90. The van der Waals surface area contributed by atoms with Crippen LogP contribution in [0.15, 0.2) is 6.07 Å². The van der Waals surface area contributed by atoms with E-state index in [0.29, 0.717) is 13.0 Å². The number of carbonyl (C=O) groups is 1. The lowest BCUT2D eigenvalue weighted by Crippen LogP contribution is -2.40. The minimum absolute atomic E-state index is 0.0522. The van der Waals surface area contributed by atoms with E-state index in [1.807, 2.05) is 0 Å². The number of aromatic nitrogens is 2. The van der Waals surface area contributed by atoms with Gasteiger partial charge in [-0.1, -0.05) is 0 Å². The van der Waals surface area contributed by atoms with Crippen LogP contribution in [0.25, 0.3) is 0 Å². The quantitative estimate of drug-likeness (QED) is 0.854. The minimum atomic E-state index is -4.63. The molecule has 1 saturated heterocycles. The Morgan fingerprint density at radius 3 is 2.76 bits per heavy atom. The van der Waals surface area contributed by atoms with Crippen LogP contribution in [0, 0.1) is 0 Å². The minimum Gasteiger partial charge on any atom is -0.387 e. The van der Waals surface area contributed by atoms with E-state index in [9.17, 15) is 18.0 Å². The maximum atomic E-state index is 12.8. The maximum Gasteiger partial charge on any atom is 0.433 e. The van der Waals surface area contributed by atoms with Gasteiger partial charge in [0.25, 0.3) is 0 Å². The van der Waals surface area contributed by atoms with Crippen LogP contribution in [0.1, 0.15) is 36.7 Å². The molecule has 1 aromatic rings. The third-order valence-electron chi connectivity index (χ3n) is 3.35. The molecule has 0 saturated carbocycles. The van der Waals surface area contributed by atoms with Gasteiger partial charge in [0.1, 0.15) is 12.3 Å². The van der Waals surface area contributed by atoms with Gasteiger partial charge in [-0.25, -0.2) is 9.97 Å². The zero-order valence-corrected chi connectivity index (χ0v) is 11.1. The Balaban J connectivity index is 2.39. The van der Waals surface area contributed by atoms with Crippen molar-refractivity contribution in [2.24, 2.45) is 0 Å². The lowest BCUT2D eigenvalue weighted by molar-refractivity contribution is -0.141. The van der Waals surface area contributed by atoms with Gasteiger partial charge in [0, 0.05) is 6.54 Å². The number of hydrogen-bond donors (Lipinski definition) is 2. The highest BCUT2D eigenvalue weighted by Crippen LogP contribution is 2.34. The molecule has 6 nitrogen and oxygen atoms in total. The average molecular weight is 304 g/mol. The fourth-order valence-electron chi connectivity index (χ4n) is 2.43. The fourth-order valence-corrected chi connectivity index (χ4v) is 2.43.